The molecule has 0 radical (unpaired) electrons. The Morgan fingerprint density at radius 1 is 1.00 bits per heavy atom. The summed E-state index contributed by atoms with van der Waals surface area (Å²) in [7, 11) is 1.77. The van der Waals surface area contributed by atoms with Crippen LogP contribution in [-0.2, 0) is 12.7 Å². The molecule has 2 aromatic carbocycles. The van der Waals surface area contributed by atoms with Gasteiger partial charge in [-0.3, -0.25) is 0 Å². The average molecular weight is 361 g/mol. The number of rotatable bonds is 5. The molecule has 0 aliphatic carbocycles. The van der Waals surface area contributed by atoms with Gasteiger partial charge in [0, 0.05) is 24.4 Å². The smallest absolute Gasteiger partial charge is 0.416 e. The number of aromatic nitrogens is 2. The summed E-state index contributed by atoms with van der Waals surface area (Å²) < 4.78 is 44.2. The second-order valence-corrected chi connectivity index (χ2v) is 5.86. The first-order valence-electron chi connectivity index (χ1n) is 8.15. The van der Waals surface area contributed by atoms with Gasteiger partial charge < -0.3 is 9.64 Å². The Bertz CT molecular complexity index is 912. The van der Waals surface area contributed by atoms with Crippen molar-refractivity contribution in [1.82, 2.24) is 10.2 Å². The lowest BCUT2D eigenvalue weighted by molar-refractivity contribution is -0.137. The minimum Gasteiger partial charge on any atom is -0.476 e. The van der Waals surface area contributed by atoms with Gasteiger partial charge in [-0.05, 0) is 30.7 Å². The maximum absolute atomic E-state index is 12.9. The average Bonchev–Trinajstić information content (AvgIpc) is 2.61. The Kier molecular flexibility index (Phi) is 4.97. The number of anilines is 1. The highest BCUT2D eigenvalue weighted by Gasteiger charge is 2.30. The van der Waals surface area contributed by atoms with Gasteiger partial charge in [0.25, 0.3) is 0 Å². The molecule has 136 valence electrons. The number of benzene rings is 2. The van der Waals surface area contributed by atoms with E-state index in [-0.39, 0.29) is 6.54 Å². The van der Waals surface area contributed by atoms with Gasteiger partial charge in [-0.1, -0.05) is 30.3 Å². The molecule has 0 fully saturated rings. The van der Waals surface area contributed by atoms with Crippen molar-refractivity contribution in [3.05, 3.63) is 59.7 Å². The van der Waals surface area contributed by atoms with Crippen LogP contribution in [0.1, 0.15) is 18.1 Å². The van der Waals surface area contributed by atoms with Crippen LogP contribution in [0.5, 0.6) is 5.88 Å². The predicted molar refractivity (Wildman–Crippen MR) is 94.3 cm³/mol. The molecule has 0 amide bonds. The van der Waals surface area contributed by atoms with Gasteiger partial charge >= 0.3 is 6.18 Å². The van der Waals surface area contributed by atoms with Crippen LogP contribution in [0.25, 0.3) is 10.8 Å². The molecule has 0 saturated heterocycles. The Morgan fingerprint density at radius 3 is 2.42 bits per heavy atom. The number of halogens is 3. The SMILES string of the molecule is CCOc1nnc(N(C)Cc2cccc(C(F)(F)F)c2)c2ccccc12. The Balaban J connectivity index is 1.94. The van der Waals surface area contributed by atoms with Gasteiger partial charge in [-0.25, -0.2) is 0 Å². The summed E-state index contributed by atoms with van der Waals surface area (Å²) in [5.41, 5.74) is -0.117. The highest BCUT2D eigenvalue weighted by molar-refractivity contribution is 5.94. The minimum atomic E-state index is -4.36. The van der Waals surface area contributed by atoms with Crippen molar-refractivity contribution < 1.29 is 17.9 Å². The van der Waals surface area contributed by atoms with Crippen LogP contribution in [0.2, 0.25) is 0 Å². The number of fused-ring (bicyclic) bond motifs is 1. The van der Waals surface area contributed by atoms with E-state index in [1.165, 1.54) is 6.07 Å². The van der Waals surface area contributed by atoms with E-state index < -0.39 is 11.7 Å². The number of hydrogen-bond donors (Lipinski definition) is 0. The molecule has 1 heterocycles. The molecule has 0 unspecified atom stereocenters. The van der Waals surface area contributed by atoms with Crippen LogP contribution < -0.4 is 9.64 Å². The van der Waals surface area contributed by atoms with Crippen molar-refractivity contribution in [2.24, 2.45) is 0 Å². The number of nitrogens with zero attached hydrogens (tertiary/aromatic N) is 3. The lowest BCUT2D eigenvalue weighted by Crippen LogP contribution is -2.19. The Morgan fingerprint density at radius 2 is 1.73 bits per heavy atom. The molecular formula is C19H18F3N3O. The highest BCUT2D eigenvalue weighted by atomic mass is 19.4. The van der Waals surface area contributed by atoms with Crippen molar-refractivity contribution in [2.45, 2.75) is 19.6 Å². The van der Waals surface area contributed by atoms with Crippen molar-refractivity contribution in [2.75, 3.05) is 18.6 Å². The lowest BCUT2D eigenvalue weighted by Gasteiger charge is -2.20. The monoisotopic (exact) mass is 361 g/mol. The van der Waals surface area contributed by atoms with E-state index in [0.29, 0.717) is 23.9 Å². The summed E-state index contributed by atoms with van der Waals surface area (Å²) in [6, 6.07) is 12.8. The fraction of sp³-hybridized carbons (Fsp3) is 0.263. The van der Waals surface area contributed by atoms with Crippen molar-refractivity contribution in [3.63, 3.8) is 0 Å². The van der Waals surface area contributed by atoms with Crippen molar-refractivity contribution in [1.29, 1.82) is 0 Å². The maximum atomic E-state index is 12.9. The van der Waals surface area contributed by atoms with Gasteiger partial charge in [-0.15, -0.1) is 10.2 Å². The van der Waals surface area contributed by atoms with Gasteiger partial charge in [0.15, 0.2) is 5.82 Å². The van der Waals surface area contributed by atoms with Gasteiger partial charge in [0.1, 0.15) is 0 Å². The van der Waals surface area contributed by atoms with E-state index >= 15 is 0 Å². The summed E-state index contributed by atoms with van der Waals surface area (Å²) in [6.07, 6.45) is -4.36. The normalized spacial score (nSPS) is 11.6. The zero-order valence-electron chi connectivity index (χ0n) is 14.4. The van der Waals surface area contributed by atoms with Crippen molar-refractivity contribution >= 4 is 16.6 Å². The second-order valence-electron chi connectivity index (χ2n) is 5.86. The summed E-state index contributed by atoms with van der Waals surface area (Å²) in [4.78, 5) is 1.78. The first-order chi connectivity index (χ1) is 12.4. The summed E-state index contributed by atoms with van der Waals surface area (Å²) in [5, 5.41) is 9.99. The van der Waals surface area contributed by atoms with Crippen LogP contribution in [-0.4, -0.2) is 23.9 Å². The first kappa shape index (κ1) is 18.0. The number of hydrogen-bond acceptors (Lipinski definition) is 4. The van der Waals surface area contributed by atoms with E-state index in [1.807, 2.05) is 31.2 Å². The Hall–Kier alpha value is -2.83. The quantitative estimate of drug-likeness (QED) is 0.661. The molecule has 4 nitrogen and oxygen atoms in total. The molecule has 0 atom stereocenters. The summed E-state index contributed by atoms with van der Waals surface area (Å²) in [5.74, 6) is 1.03. The van der Waals surface area contributed by atoms with Crippen LogP contribution in [0.15, 0.2) is 48.5 Å². The number of ether oxygens (including phenoxy) is 1. The fourth-order valence-corrected chi connectivity index (χ4v) is 2.79. The van der Waals surface area contributed by atoms with Gasteiger partial charge in [0.2, 0.25) is 5.88 Å². The van der Waals surface area contributed by atoms with E-state index in [0.717, 1.165) is 22.9 Å². The van der Waals surface area contributed by atoms with Gasteiger partial charge in [0.05, 0.1) is 12.2 Å². The molecule has 0 aliphatic heterocycles. The topological polar surface area (TPSA) is 38.3 Å². The zero-order valence-corrected chi connectivity index (χ0v) is 14.4. The predicted octanol–water partition coefficient (Wildman–Crippen LogP) is 4.68. The highest BCUT2D eigenvalue weighted by Crippen LogP contribution is 2.32. The second kappa shape index (κ2) is 7.19. The third-order valence-electron chi connectivity index (χ3n) is 3.95. The standard InChI is InChI=1S/C19H18F3N3O/c1-3-26-18-16-10-5-4-9-15(16)17(23-24-18)25(2)12-13-7-6-8-14(11-13)19(20,21)22/h4-11H,3,12H2,1-2H3. The molecule has 0 aliphatic rings. The molecule has 1 aromatic heterocycles. The van der Waals surface area contributed by atoms with Crippen LogP contribution in [0.4, 0.5) is 19.0 Å². The fourth-order valence-electron chi connectivity index (χ4n) is 2.79. The molecule has 26 heavy (non-hydrogen) atoms. The van der Waals surface area contributed by atoms with Crippen LogP contribution in [0, 0.1) is 0 Å². The minimum absolute atomic E-state index is 0.274. The van der Waals surface area contributed by atoms with Crippen LogP contribution in [0.3, 0.4) is 0 Å². The molecule has 3 rings (SSSR count). The van der Waals surface area contributed by atoms with Crippen LogP contribution >= 0.6 is 0 Å². The third-order valence-corrected chi connectivity index (χ3v) is 3.95. The first-order valence-corrected chi connectivity index (χ1v) is 8.15. The Labute approximate surface area is 149 Å². The molecular weight excluding hydrogens is 343 g/mol. The van der Waals surface area contributed by atoms with E-state index in [1.54, 1.807) is 18.0 Å². The zero-order chi connectivity index (χ0) is 18.7. The molecule has 7 heteroatoms. The summed E-state index contributed by atoms with van der Waals surface area (Å²) >= 11 is 0. The van der Waals surface area contributed by atoms with Gasteiger partial charge in [-0.2, -0.15) is 13.2 Å². The molecule has 0 spiro atoms. The lowest BCUT2D eigenvalue weighted by atomic mass is 10.1. The largest absolute Gasteiger partial charge is 0.476 e. The molecule has 0 bridgehead atoms. The summed E-state index contributed by atoms with van der Waals surface area (Å²) in [6.45, 7) is 2.61. The van der Waals surface area contributed by atoms with Crippen molar-refractivity contribution in [3.8, 4) is 5.88 Å². The molecule has 3 aromatic rings. The molecule has 0 N–H and O–H groups in total. The van der Waals surface area contributed by atoms with E-state index in [4.69, 9.17) is 4.74 Å². The van der Waals surface area contributed by atoms with E-state index in [9.17, 15) is 13.2 Å². The molecule has 0 saturated carbocycles. The van der Waals surface area contributed by atoms with E-state index in [2.05, 4.69) is 10.2 Å². The number of alkyl halides is 3. The third kappa shape index (κ3) is 3.71. The maximum Gasteiger partial charge on any atom is 0.416 e.